The molecule has 0 radical (unpaired) electrons. The van der Waals surface area contributed by atoms with Gasteiger partial charge in [0.15, 0.2) is 0 Å². The van der Waals surface area contributed by atoms with Gasteiger partial charge in [-0.15, -0.1) is 11.3 Å². The van der Waals surface area contributed by atoms with Crippen LogP contribution in [0, 0.1) is 0 Å². The topological polar surface area (TPSA) is 86.6 Å². The van der Waals surface area contributed by atoms with Crippen LogP contribution in [0.1, 0.15) is 9.67 Å². The Morgan fingerprint density at radius 3 is 2.56 bits per heavy atom. The number of carboxylic acid groups (broad SMARTS) is 1. The first-order valence-electron chi connectivity index (χ1n) is 4.23. The van der Waals surface area contributed by atoms with Gasteiger partial charge in [-0.25, -0.2) is 5.48 Å². The lowest BCUT2D eigenvalue weighted by Crippen LogP contribution is -2.16. The molecule has 0 saturated heterocycles. The van der Waals surface area contributed by atoms with E-state index in [0.717, 1.165) is 10.1 Å². The van der Waals surface area contributed by atoms with Crippen LogP contribution in [-0.4, -0.2) is 22.7 Å². The highest BCUT2D eigenvalue weighted by Gasteiger charge is 2.07. The van der Waals surface area contributed by atoms with E-state index in [-0.39, 0.29) is 6.47 Å². The van der Waals surface area contributed by atoms with Crippen LogP contribution in [0.2, 0.25) is 0 Å². The van der Waals surface area contributed by atoms with Gasteiger partial charge in [0.1, 0.15) is 0 Å². The molecule has 6 heteroatoms. The van der Waals surface area contributed by atoms with Crippen LogP contribution < -0.4 is 5.48 Å². The van der Waals surface area contributed by atoms with Crippen molar-refractivity contribution < 1.29 is 19.9 Å². The van der Waals surface area contributed by atoms with Crippen molar-refractivity contribution in [3.8, 4) is 0 Å². The molecule has 0 aliphatic carbocycles. The molecule has 5 nitrogen and oxygen atoms in total. The van der Waals surface area contributed by atoms with Crippen LogP contribution in [0.25, 0.3) is 10.1 Å². The normalized spacial score (nSPS) is 9.06. The number of carbonyl (C=O) groups excluding carboxylic acids is 1. The van der Waals surface area contributed by atoms with E-state index in [4.69, 9.17) is 15.1 Å². The fourth-order valence-corrected chi connectivity index (χ4v) is 2.10. The fraction of sp³-hybridized carbons (Fsp3) is 0. The van der Waals surface area contributed by atoms with Crippen molar-refractivity contribution in [3.05, 3.63) is 35.2 Å². The average molecular weight is 239 g/mol. The van der Waals surface area contributed by atoms with E-state index in [1.165, 1.54) is 11.3 Å². The fourth-order valence-electron chi connectivity index (χ4n) is 1.15. The highest BCUT2D eigenvalue weighted by Crippen LogP contribution is 2.24. The number of hydroxylamine groups is 1. The molecule has 0 saturated carbocycles. The molecule has 0 aliphatic rings. The Hall–Kier alpha value is -1.92. The highest BCUT2D eigenvalue weighted by atomic mass is 32.1. The van der Waals surface area contributed by atoms with Gasteiger partial charge in [0.25, 0.3) is 12.4 Å². The lowest BCUT2D eigenvalue weighted by molar-refractivity contribution is -0.122. The zero-order chi connectivity index (χ0) is 12.0. The molecule has 0 bridgehead atoms. The summed E-state index contributed by atoms with van der Waals surface area (Å²) >= 11 is 1.36. The van der Waals surface area contributed by atoms with Crippen molar-refractivity contribution >= 4 is 33.8 Å². The molecular weight excluding hydrogens is 230 g/mol. The predicted octanol–water partition coefficient (Wildman–Crippen LogP) is 1.72. The molecule has 0 atom stereocenters. The van der Waals surface area contributed by atoms with E-state index >= 15 is 0 Å². The molecule has 0 spiro atoms. The molecule has 2 rings (SSSR count). The molecule has 2 aromatic rings. The minimum atomic E-state index is -0.457. The van der Waals surface area contributed by atoms with Crippen molar-refractivity contribution in [2.75, 3.05) is 0 Å². The van der Waals surface area contributed by atoms with Gasteiger partial charge >= 0.3 is 0 Å². The van der Waals surface area contributed by atoms with Crippen LogP contribution in [0.5, 0.6) is 0 Å². The molecule has 1 aromatic heterocycles. The Morgan fingerprint density at radius 2 is 2.00 bits per heavy atom. The number of benzene rings is 1. The molecule has 16 heavy (non-hydrogen) atoms. The predicted molar refractivity (Wildman–Crippen MR) is 59.8 cm³/mol. The SMILES string of the molecule is O=C(NO)c1cc2ccccc2s1.O=CO. The van der Waals surface area contributed by atoms with Gasteiger partial charge in [0.05, 0.1) is 4.88 Å². The number of thiophene rings is 1. The first kappa shape index (κ1) is 12.2. The summed E-state index contributed by atoms with van der Waals surface area (Å²) in [5, 5.41) is 16.3. The zero-order valence-electron chi connectivity index (χ0n) is 8.08. The lowest BCUT2D eigenvalue weighted by atomic mass is 10.2. The molecule has 0 fully saturated rings. The Balaban J connectivity index is 0.000000386. The van der Waals surface area contributed by atoms with Gasteiger partial charge in [-0.1, -0.05) is 18.2 Å². The van der Waals surface area contributed by atoms with E-state index in [2.05, 4.69) is 0 Å². The first-order chi connectivity index (χ1) is 7.72. The van der Waals surface area contributed by atoms with Crippen LogP contribution >= 0.6 is 11.3 Å². The van der Waals surface area contributed by atoms with Gasteiger partial charge in [-0.05, 0) is 17.5 Å². The molecular formula is C10H9NO4S. The third-order valence-corrected chi connectivity index (χ3v) is 2.87. The second-order valence-electron chi connectivity index (χ2n) is 2.69. The van der Waals surface area contributed by atoms with Crippen LogP contribution in [0.15, 0.2) is 30.3 Å². The summed E-state index contributed by atoms with van der Waals surface area (Å²) in [6.45, 7) is -0.250. The van der Waals surface area contributed by atoms with Gasteiger partial charge in [-0.3, -0.25) is 14.8 Å². The van der Waals surface area contributed by atoms with Crippen molar-refractivity contribution in [2.45, 2.75) is 0 Å². The van der Waals surface area contributed by atoms with Crippen molar-refractivity contribution in [1.29, 1.82) is 0 Å². The van der Waals surface area contributed by atoms with Gasteiger partial charge in [0, 0.05) is 4.70 Å². The Kier molecular flexibility index (Phi) is 4.43. The van der Waals surface area contributed by atoms with E-state index in [9.17, 15) is 4.79 Å². The first-order valence-corrected chi connectivity index (χ1v) is 5.05. The Morgan fingerprint density at radius 1 is 1.38 bits per heavy atom. The quantitative estimate of drug-likeness (QED) is 0.402. The summed E-state index contributed by atoms with van der Waals surface area (Å²) in [6, 6.07) is 9.45. The molecule has 1 amide bonds. The summed E-state index contributed by atoms with van der Waals surface area (Å²) in [7, 11) is 0. The number of hydrogen-bond donors (Lipinski definition) is 3. The van der Waals surface area contributed by atoms with Crippen molar-refractivity contribution in [2.24, 2.45) is 0 Å². The smallest absolute Gasteiger partial charge is 0.290 e. The largest absolute Gasteiger partial charge is 0.483 e. The van der Waals surface area contributed by atoms with Gasteiger partial charge < -0.3 is 5.11 Å². The maximum atomic E-state index is 11.0. The van der Waals surface area contributed by atoms with Gasteiger partial charge in [0.2, 0.25) is 0 Å². The minimum Gasteiger partial charge on any atom is -0.483 e. The zero-order valence-corrected chi connectivity index (χ0v) is 8.90. The van der Waals surface area contributed by atoms with Crippen molar-refractivity contribution in [3.63, 3.8) is 0 Å². The summed E-state index contributed by atoms with van der Waals surface area (Å²) in [6.07, 6.45) is 0. The molecule has 84 valence electrons. The van der Waals surface area contributed by atoms with Crippen LogP contribution in [0.4, 0.5) is 0 Å². The van der Waals surface area contributed by atoms with Crippen LogP contribution in [0.3, 0.4) is 0 Å². The second kappa shape index (κ2) is 5.84. The van der Waals surface area contributed by atoms with E-state index < -0.39 is 5.91 Å². The maximum absolute atomic E-state index is 11.0. The summed E-state index contributed by atoms with van der Waals surface area (Å²) in [4.78, 5) is 19.9. The third-order valence-electron chi connectivity index (χ3n) is 1.75. The monoisotopic (exact) mass is 239 g/mol. The number of nitrogens with one attached hydrogen (secondary N) is 1. The third kappa shape index (κ3) is 2.78. The second-order valence-corrected chi connectivity index (χ2v) is 3.78. The summed E-state index contributed by atoms with van der Waals surface area (Å²) in [5.41, 5.74) is 1.61. The van der Waals surface area contributed by atoms with Crippen molar-refractivity contribution in [1.82, 2.24) is 5.48 Å². The van der Waals surface area contributed by atoms with Gasteiger partial charge in [-0.2, -0.15) is 0 Å². The number of fused-ring (bicyclic) bond motifs is 1. The van der Waals surface area contributed by atoms with E-state index in [1.54, 1.807) is 11.5 Å². The highest BCUT2D eigenvalue weighted by molar-refractivity contribution is 7.20. The number of carbonyl (C=O) groups is 2. The summed E-state index contributed by atoms with van der Waals surface area (Å²) < 4.78 is 1.04. The summed E-state index contributed by atoms with van der Waals surface area (Å²) in [5.74, 6) is -0.457. The number of hydrogen-bond acceptors (Lipinski definition) is 4. The molecule has 1 heterocycles. The number of rotatable bonds is 1. The Bertz CT molecular complexity index is 461. The standard InChI is InChI=1S/C9H7NO2S.CH2O2/c11-9(10-12)8-5-6-3-1-2-4-7(6)13-8;2-1-3/h1-5,12H,(H,10,11);1H,(H,2,3). The molecule has 3 N–H and O–H groups in total. The Labute approximate surface area is 94.9 Å². The molecule has 1 aromatic carbocycles. The molecule has 0 aliphatic heterocycles. The maximum Gasteiger partial charge on any atom is 0.290 e. The van der Waals surface area contributed by atoms with E-state index in [1.807, 2.05) is 24.3 Å². The van der Waals surface area contributed by atoms with Crippen LogP contribution in [-0.2, 0) is 4.79 Å². The molecule has 0 unspecified atom stereocenters. The number of amides is 1. The lowest BCUT2D eigenvalue weighted by Gasteiger charge is -1.89. The minimum absolute atomic E-state index is 0.250. The van der Waals surface area contributed by atoms with E-state index in [0.29, 0.717) is 4.88 Å². The average Bonchev–Trinajstić information content (AvgIpc) is 2.72.